The van der Waals surface area contributed by atoms with Gasteiger partial charge in [0.05, 0.1) is 27.4 Å². The van der Waals surface area contributed by atoms with Gasteiger partial charge in [0.2, 0.25) is 0 Å². The van der Waals surface area contributed by atoms with Gasteiger partial charge in [-0.3, -0.25) is 4.68 Å². The highest BCUT2D eigenvalue weighted by Crippen LogP contribution is 2.24. The van der Waals surface area contributed by atoms with Crippen molar-refractivity contribution in [2.24, 2.45) is 7.05 Å². The molecular weight excluding hydrogens is 258 g/mol. The summed E-state index contributed by atoms with van der Waals surface area (Å²) in [5.74, 6) is 0. The average Bonchev–Trinajstić information content (AvgIpc) is 2.70. The van der Waals surface area contributed by atoms with E-state index < -0.39 is 11.0 Å². The van der Waals surface area contributed by atoms with Crippen molar-refractivity contribution in [3.8, 4) is 0 Å². The molecule has 0 spiro atoms. The van der Waals surface area contributed by atoms with Gasteiger partial charge >= 0.3 is 0 Å². The predicted molar refractivity (Wildman–Crippen MR) is 80.2 cm³/mol. The van der Waals surface area contributed by atoms with E-state index in [0.29, 0.717) is 0 Å². The van der Waals surface area contributed by atoms with Crippen LogP contribution in [0.15, 0.2) is 24.4 Å². The van der Waals surface area contributed by atoms with E-state index in [1.807, 2.05) is 57.8 Å². The van der Waals surface area contributed by atoms with Crippen molar-refractivity contribution in [1.82, 2.24) is 14.5 Å². The zero-order valence-corrected chi connectivity index (χ0v) is 12.9. The van der Waals surface area contributed by atoms with Crippen LogP contribution in [0, 0.1) is 0 Å². The summed E-state index contributed by atoms with van der Waals surface area (Å²) < 4.78 is 16.9. The molecule has 0 saturated heterocycles. The molecule has 0 radical (unpaired) electrons. The van der Waals surface area contributed by atoms with Crippen LogP contribution >= 0.6 is 0 Å². The molecule has 2 rings (SSSR count). The van der Waals surface area contributed by atoms with Gasteiger partial charge in [-0.1, -0.05) is 12.1 Å². The Morgan fingerprint density at radius 1 is 1.37 bits per heavy atom. The Kier molecular flexibility index (Phi) is 3.78. The molecule has 1 heterocycles. The van der Waals surface area contributed by atoms with Gasteiger partial charge in [-0.2, -0.15) is 5.10 Å². The number of aromatic nitrogens is 2. The molecule has 2 atom stereocenters. The molecule has 0 fully saturated rings. The van der Waals surface area contributed by atoms with Gasteiger partial charge in [-0.15, -0.1) is 0 Å². The van der Waals surface area contributed by atoms with E-state index in [9.17, 15) is 4.21 Å². The third-order valence-electron chi connectivity index (χ3n) is 3.13. The first-order chi connectivity index (χ1) is 8.80. The molecule has 5 heteroatoms. The number of fused-ring (bicyclic) bond motifs is 1. The molecule has 1 aromatic carbocycles. The molecule has 1 aromatic heterocycles. The lowest BCUT2D eigenvalue weighted by molar-refractivity contribution is 0.617. The Hall–Kier alpha value is -1.20. The maximum absolute atomic E-state index is 12.2. The van der Waals surface area contributed by atoms with Gasteiger partial charge in [0.25, 0.3) is 0 Å². The fourth-order valence-electron chi connectivity index (χ4n) is 1.98. The molecular formula is C14H21N3OS. The van der Waals surface area contributed by atoms with E-state index in [0.717, 1.165) is 16.5 Å². The lowest BCUT2D eigenvalue weighted by atomic mass is 10.1. The maximum Gasteiger partial charge on any atom is 0.0975 e. The summed E-state index contributed by atoms with van der Waals surface area (Å²) in [6.07, 6.45) is 1.86. The van der Waals surface area contributed by atoms with Gasteiger partial charge in [0.1, 0.15) is 0 Å². The first-order valence-corrected chi connectivity index (χ1v) is 7.54. The van der Waals surface area contributed by atoms with Crippen LogP contribution in [-0.4, -0.2) is 18.7 Å². The predicted octanol–water partition coefficient (Wildman–Crippen LogP) is 2.69. The van der Waals surface area contributed by atoms with Crippen molar-refractivity contribution in [1.29, 1.82) is 0 Å². The third-order valence-corrected chi connectivity index (χ3v) is 4.81. The summed E-state index contributed by atoms with van der Waals surface area (Å²) in [4.78, 5) is 0. The van der Waals surface area contributed by atoms with Crippen molar-refractivity contribution in [3.05, 3.63) is 30.0 Å². The zero-order chi connectivity index (χ0) is 14.2. The third kappa shape index (κ3) is 2.87. The van der Waals surface area contributed by atoms with Crippen molar-refractivity contribution in [3.63, 3.8) is 0 Å². The fourth-order valence-corrected chi connectivity index (χ4v) is 2.78. The number of nitrogens with one attached hydrogen (secondary N) is 1. The van der Waals surface area contributed by atoms with Gasteiger partial charge in [0, 0.05) is 18.5 Å². The summed E-state index contributed by atoms with van der Waals surface area (Å²) in [7, 11) is 0.847. The van der Waals surface area contributed by atoms with Crippen LogP contribution in [0.5, 0.6) is 0 Å². The van der Waals surface area contributed by atoms with Crippen LogP contribution in [0.3, 0.4) is 0 Å². The van der Waals surface area contributed by atoms with E-state index in [1.165, 1.54) is 0 Å². The monoisotopic (exact) mass is 279 g/mol. The highest BCUT2D eigenvalue weighted by atomic mass is 32.2. The molecule has 104 valence electrons. The number of nitrogens with zero attached hydrogens (tertiary/aromatic N) is 2. The first kappa shape index (κ1) is 14.2. The van der Waals surface area contributed by atoms with Crippen molar-refractivity contribution in [2.45, 2.75) is 38.5 Å². The topological polar surface area (TPSA) is 46.9 Å². The Morgan fingerprint density at radius 3 is 2.68 bits per heavy atom. The highest BCUT2D eigenvalue weighted by molar-refractivity contribution is 7.84. The quantitative estimate of drug-likeness (QED) is 0.939. The number of hydrogen-bond acceptors (Lipinski definition) is 2. The highest BCUT2D eigenvalue weighted by Gasteiger charge is 2.22. The zero-order valence-electron chi connectivity index (χ0n) is 12.1. The van der Waals surface area contributed by atoms with E-state index in [2.05, 4.69) is 15.9 Å². The van der Waals surface area contributed by atoms with Crippen LogP contribution in [0.25, 0.3) is 10.9 Å². The van der Waals surface area contributed by atoms with E-state index in [-0.39, 0.29) is 10.8 Å². The standard InChI is InChI=1S/C14H21N3OS/c1-10(16-19(18)14(2,3)4)11-7-6-8-13-12(11)9-15-17(13)5/h6-10,16H,1-5H3/t10-,19?/m1/s1. The molecule has 4 nitrogen and oxygen atoms in total. The number of hydrogen-bond donors (Lipinski definition) is 1. The number of rotatable bonds is 3. The van der Waals surface area contributed by atoms with Crippen molar-refractivity contribution >= 4 is 21.9 Å². The number of aryl methyl sites for hydroxylation is 1. The van der Waals surface area contributed by atoms with Crippen molar-refractivity contribution < 1.29 is 4.21 Å². The van der Waals surface area contributed by atoms with Crippen LogP contribution in [0.1, 0.15) is 39.3 Å². The second-order valence-corrected chi connectivity index (χ2v) is 7.77. The molecule has 19 heavy (non-hydrogen) atoms. The smallest absolute Gasteiger partial charge is 0.0975 e. The molecule has 0 bridgehead atoms. The summed E-state index contributed by atoms with van der Waals surface area (Å²) >= 11 is 0. The minimum atomic E-state index is -1.08. The van der Waals surface area contributed by atoms with E-state index in [4.69, 9.17) is 0 Å². The van der Waals surface area contributed by atoms with Crippen molar-refractivity contribution in [2.75, 3.05) is 0 Å². The molecule has 1 N–H and O–H groups in total. The van der Waals surface area contributed by atoms with E-state index in [1.54, 1.807) is 0 Å². The van der Waals surface area contributed by atoms with Crippen LogP contribution in [0.2, 0.25) is 0 Å². The fraction of sp³-hybridized carbons (Fsp3) is 0.500. The van der Waals surface area contributed by atoms with Crippen LogP contribution < -0.4 is 4.72 Å². The summed E-state index contributed by atoms with van der Waals surface area (Å²) in [6.45, 7) is 7.93. The van der Waals surface area contributed by atoms with Crippen LogP contribution in [-0.2, 0) is 18.0 Å². The normalized spacial score (nSPS) is 15.6. The molecule has 1 unspecified atom stereocenters. The minimum Gasteiger partial charge on any atom is -0.268 e. The SMILES string of the molecule is C[C@@H](NS(=O)C(C)(C)C)c1cccc2c1cnn2C. The largest absolute Gasteiger partial charge is 0.268 e. The molecule has 0 saturated carbocycles. The summed E-state index contributed by atoms with van der Waals surface area (Å²) in [5, 5.41) is 5.39. The Bertz CT molecular complexity index is 613. The molecule has 0 aliphatic carbocycles. The van der Waals surface area contributed by atoms with Gasteiger partial charge < -0.3 is 0 Å². The second-order valence-electron chi connectivity index (χ2n) is 5.77. The maximum atomic E-state index is 12.2. The molecule has 0 amide bonds. The van der Waals surface area contributed by atoms with Gasteiger partial charge in [0.15, 0.2) is 0 Å². The van der Waals surface area contributed by atoms with Crippen LogP contribution in [0.4, 0.5) is 0 Å². The Labute approximate surface area is 116 Å². The Balaban J connectivity index is 2.32. The number of benzene rings is 1. The van der Waals surface area contributed by atoms with Gasteiger partial charge in [-0.25, -0.2) is 8.93 Å². The molecule has 2 aromatic rings. The summed E-state index contributed by atoms with van der Waals surface area (Å²) in [6, 6.07) is 6.13. The lowest BCUT2D eigenvalue weighted by Gasteiger charge is -2.22. The van der Waals surface area contributed by atoms with Gasteiger partial charge in [-0.05, 0) is 39.3 Å². The Morgan fingerprint density at radius 2 is 2.05 bits per heavy atom. The van der Waals surface area contributed by atoms with E-state index >= 15 is 0 Å². The first-order valence-electron chi connectivity index (χ1n) is 6.39. The average molecular weight is 279 g/mol. The molecule has 0 aliphatic rings. The molecule has 0 aliphatic heterocycles. The lowest BCUT2D eigenvalue weighted by Crippen LogP contribution is -2.34. The second kappa shape index (κ2) is 5.06. The minimum absolute atomic E-state index is 0.0213. The summed E-state index contributed by atoms with van der Waals surface area (Å²) in [5.41, 5.74) is 2.22.